The van der Waals surface area contributed by atoms with E-state index in [0.29, 0.717) is 23.1 Å². The zero-order chi connectivity index (χ0) is 23.6. The minimum absolute atomic E-state index is 0.160. The van der Waals surface area contributed by atoms with Crippen LogP contribution in [0.5, 0.6) is 5.75 Å². The maximum absolute atomic E-state index is 12.6. The molecule has 1 amide bonds. The fourth-order valence-corrected chi connectivity index (χ4v) is 2.88. The minimum Gasteiger partial charge on any atom is -0.425 e. The van der Waals surface area contributed by atoms with Gasteiger partial charge in [0.2, 0.25) is 12.7 Å². The molecule has 0 aliphatic heterocycles. The van der Waals surface area contributed by atoms with Gasteiger partial charge in [0.25, 0.3) is 0 Å². The van der Waals surface area contributed by atoms with Crippen LogP contribution in [0.3, 0.4) is 0 Å². The van der Waals surface area contributed by atoms with E-state index in [1.54, 1.807) is 74.5 Å². The molecule has 1 N–H and O–H groups in total. The summed E-state index contributed by atoms with van der Waals surface area (Å²) in [5.41, 5.74) is 0.317. The lowest BCUT2D eigenvalue weighted by molar-refractivity contribution is -0.138. The monoisotopic (exact) mass is 477 g/mol. The Morgan fingerprint density at radius 3 is 2.16 bits per heavy atom. The summed E-state index contributed by atoms with van der Waals surface area (Å²) in [7, 11) is 0. The van der Waals surface area contributed by atoms with Gasteiger partial charge >= 0.3 is 17.2 Å². The standard InChI is InChI=1S/C22H23NO7S2/c1-22(2,31)20(26)23-17(19(25)30-16-11-7-4-8-12-16)13-32-21(27)29-14-28-18(24)15-9-5-3-6-10-15/h3-12,17,31H,13-14H2,1-2H3,(H,23,26)/t17-/m0/s1. The number of ether oxygens (including phenoxy) is 3. The van der Waals surface area contributed by atoms with E-state index < -0.39 is 40.7 Å². The highest BCUT2D eigenvalue weighted by Crippen LogP contribution is 2.16. The maximum atomic E-state index is 12.6. The Labute approximate surface area is 195 Å². The van der Waals surface area contributed by atoms with Gasteiger partial charge in [-0.05, 0) is 49.9 Å². The van der Waals surface area contributed by atoms with Crippen molar-refractivity contribution in [3.63, 3.8) is 0 Å². The van der Waals surface area contributed by atoms with Gasteiger partial charge in [0.15, 0.2) is 0 Å². The van der Waals surface area contributed by atoms with Crippen LogP contribution in [0.2, 0.25) is 0 Å². The summed E-state index contributed by atoms with van der Waals surface area (Å²) in [5, 5.41) is 1.74. The molecule has 0 unspecified atom stereocenters. The van der Waals surface area contributed by atoms with Gasteiger partial charge in [0.05, 0.1) is 10.3 Å². The van der Waals surface area contributed by atoms with Crippen LogP contribution in [0.25, 0.3) is 0 Å². The molecule has 170 valence electrons. The molecule has 0 fully saturated rings. The average Bonchev–Trinajstić information content (AvgIpc) is 2.76. The molecule has 0 aliphatic carbocycles. The van der Waals surface area contributed by atoms with Crippen LogP contribution < -0.4 is 10.1 Å². The molecular formula is C22H23NO7S2. The zero-order valence-corrected chi connectivity index (χ0v) is 19.2. The molecule has 0 aliphatic rings. The number of carbonyl (C=O) groups excluding carboxylic acids is 4. The first-order valence-electron chi connectivity index (χ1n) is 9.48. The lowest BCUT2D eigenvalue weighted by Gasteiger charge is -2.22. The van der Waals surface area contributed by atoms with Gasteiger partial charge in [-0.15, -0.1) is 0 Å². The number of benzene rings is 2. The van der Waals surface area contributed by atoms with E-state index >= 15 is 0 Å². The minimum atomic E-state index is -1.14. The molecule has 2 aromatic carbocycles. The molecule has 1 atom stereocenters. The van der Waals surface area contributed by atoms with E-state index in [1.807, 2.05) is 0 Å². The van der Waals surface area contributed by atoms with E-state index in [9.17, 15) is 19.2 Å². The number of esters is 2. The summed E-state index contributed by atoms with van der Waals surface area (Å²) in [4.78, 5) is 48.7. The third-order valence-corrected chi connectivity index (χ3v) is 4.91. The lowest BCUT2D eigenvalue weighted by Crippen LogP contribution is -2.50. The first-order valence-corrected chi connectivity index (χ1v) is 10.9. The predicted molar refractivity (Wildman–Crippen MR) is 123 cm³/mol. The maximum Gasteiger partial charge on any atom is 0.370 e. The van der Waals surface area contributed by atoms with Gasteiger partial charge in [-0.3, -0.25) is 4.79 Å². The number of hydrogen-bond acceptors (Lipinski definition) is 9. The Hall–Kier alpha value is -2.98. The fraction of sp³-hybridized carbons (Fsp3) is 0.273. The van der Waals surface area contributed by atoms with Crippen LogP contribution in [0.15, 0.2) is 60.7 Å². The molecular weight excluding hydrogens is 454 g/mol. The zero-order valence-electron chi connectivity index (χ0n) is 17.5. The lowest BCUT2D eigenvalue weighted by atomic mass is 10.2. The number of nitrogens with one attached hydrogen (secondary N) is 1. The summed E-state index contributed by atoms with van der Waals surface area (Å²) in [6, 6.07) is 15.4. The number of thioether (sulfide) groups is 1. The van der Waals surface area contributed by atoms with E-state index in [0.717, 1.165) is 0 Å². The van der Waals surface area contributed by atoms with E-state index in [-0.39, 0.29) is 5.75 Å². The fourth-order valence-electron chi connectivity index (χ4n) is 2.16. The molecule has 10 heteroatoms. The number of rotatable bonds is 9. The number of para-hydroxylation sites is 1. The van der Waals surface area contributed by atoms with Gasteiger partial charge in [0, 0.05) is 5.75 Å². The number of thiol groups is 1. The normalized spacial score (nSPS) is 11.7. The highest BCUT2D eigenvalue weighted by atomic mass is 32.2. The summed E-state index contributed by atoms with van der Waals surface area (Å²) in [5.74, 6) is -1.77. The third-order valence-electron chi connectivity index (χ3n) is 3.85. The Morgan fingerprint density at radius 1 is 0.969 bits per heavy atom. The molecule has 8 nitrogen and oxygen atoms in total. The van der Waals surface area contributed by atoms with Gasteiger partial charge in [-0.25, -0.2) is 14.4 Å². The van der Waals surface area contributed by atoms with Crippen LogP contribution in [-0.2, 0) is 19.1 Å². The van der Waals surface area contributed by atoms with E-state index in [2.05, 4.69) is 17.9 Å². The molecule has 0 spiro atoms. The van der Waals surface area contributed by atoms with Gasteiger partial charge in [-0.2, -0.15) is 12.6 Å². The summed E-state index contributed by atoms with van der Waals surface area (Å²) >= 11 is 4.82. The highest BCUT2D eigenvalue weighted by Gasteiger charge is 2.30. The SMILES string of the molecule is CC(C)(S)C(=O)N[C@@H](CSC(=O)OCOC(=O)c1ccccc1)C(=O)Oc1ccccc1. The first kappa shape index (κ1) is 25.3. The summed E-state index contributed by atoms with van der Waals surface area (Å²) in [6.45, 7) is 2.54. The summed E-state index contributed by atoms with van der Waals surface area (Å²) in [6.07, 6.45) is 0. The van der Waals surface area contributed by atoms with Crippen LogP contribution >= 0.6 is 24.4 Å². The Bertz CT molecular complexity index is 930. The van der Waals surface area contributed by atoms with Crippen molar-refractivity contribution >= 4 is 47.5 Å². The molecule has 0 bridgehead atoms. The first-order chi connectivity index (χ1) is 15.2. The number of amides is 1. The van der Waals surface area contributed by atoms with Crippen molar-refractivity contribution in [3.8, 4) is 5.75 Å². The Morgan fingerprint density at radius 2 is 1.56 bits per heavy atom. The quantitative estimate of drug-likeness (QED) is 0.245. The van der Waals surface area contributed by atoms with Crippen LogP contribution in [-0.4, -0.2) is 46.5 Å². The number of carbonyl (C=O) groups is 4. The van der Waals surface area contributed by atoms with Crippen molar-refractivity contribution in [2.75, 3.05) is 12.5 Å². The van der Waals surface area contributed by atoms with Crippen molar-refractivity contribution < 1.29 is 33.4 Å². The molecule has 32 heavy (non-hydrogen) atoms. The van der Waals surface area contributed by atoms with Crippen molar-refractivity contribution in [2.45, 2.75) is 24.6 Å². The second-order valence-corrected chi connectivity index (χ2v) is 9.01. The average molecular weight is 478 g/mol. The van der Waals surface area contributed by atoms with Crippen molar-refractivity contribution in [1.82, 2.24) is 5.32 Å². The van der Waals surface area contributed by atoms with Crippen molar-refractivity contribution in [1.29, 1.82) is 0 Å². The smallest absolute Gasteiger partial charge is 0.370 e. The molecule has 0 heterocycles. The largest absolute Gasteiger partial charge is 0.425 e. The summed E-state index contributed by atoms with van der Waals surface area (Å²) < 4.78 is 13.9. The number of hydrogen-bond donors (Lipinski definition) is 2. The van der Waals surface area contributed by atoms with Gasteiger partial charge in [-0.1, -0.05) is 36.4 Å². The second-order valence-electron chi connectivity index (χ2n) is 6.94. The van der Waals surface area contributed by atoms with Crippen LogP contribution in [0.4, 0.5) is 4.79 Å². The van der Waals surface area contributed by atoms with E-state index in [4.69, 9.17) is 14.2 Å². The Kier molecular flexibility index (Phi) is 9.61. The van der Waals surface area contributed by atoms with Gasteiger partial charge < -0.3 is 19.5 Å². The molecule has 0 saturated carbocycles. The Balaban J connectivity index is 1.88. The molecule has 0 saturated heterocycles. The molecule has 0 radical (unpaired) electrons. The van der Waals surface area contributed by atoms with Crippen molar-refractivity contribution in [2.24, 2.45) is 0 Å². The van der Waals surface area contributed by atoms with Crippen molar-refractivity contribution in [3.05, 3.63) is 66.2 Å². The third kappa shape index (κ3) is 8.64. The second kappa shape index (κ2) is 12.2. The van der Waals surface area contributed by atoms with E-state index in [1.165, 1.54) is 0 Å². The van der Waals surface area contributed by atoms with Crippen LogP contribution in [0.1, 0.15) is 24.2 Å². The van der Waals surface area contributed by atoms with Crippen LogP contribution in [0, 0.1) is 0 Å². The predicted octanol–water partition coefficient (Wildman–Crippen LogP) is 3.47. The topological polar surface area (TPSA) is 108 Å². The molecule has 2 rings (SSSR count). The molecule has 0 aromatic heterocycles. The molecule has 2 aromatic rings. The highest BCUT2D eigenvalue weighted by molar-refractivity contribution is 8.13. The van der Waals surface area contributed by atoms with Gasteiger partial charge in [0.1, 0.15) is 11.8 Å².